The van der Waals surface area contributed by atoms with Gasteiger partial charge in [-0.2, -0.15) is 0 Å². The van der Waals surface area contributed by atoms with E-state index in [0.717, 1.165) is 11.1 Å². The van der Waals surface area contributed by atoms with Gasteiger partial charge in [0.2, 0.25) is 0 Å². The molecule has 0 fully saturated rings. The summed E-state index contributed by atoms with van der Waals surface area (Å²) in [6, 6.07) is 21.3. The van der Waals surface area contributed by atoms with Gasteiger partial charge >= 0.3 is 5.97 Å². The molecule has 0 saturated heterocycles. The summed E-state index contributed by atoms with van der Waals surface area (Å²) in [5.74, 6) is -0.166. The van der Waals surface area contributed by atoms with E-state index in [1.54, 1.807) is 56.7 Å². The van der Waals surface area contributed by atoms with E-state index in [0.29, 0.717) is 22.8 Å². The Balaban J connectivity index is 1.80. The highest BCUT2D eigenvalue weighted by molar-refractivity contribution is 6.05. The number of hydrogen-bond acceptors (Lipinski definition) is 5. The van der Waals surface area contributed by atoms with Gasteiger partial charge in [-0.25, -0.2) is 0 Å². The number of Topliss-reactive ketones (excluding diaryl/α,β-unsaturated/α-hetero) is 1. The molecule has 5 nitrogen and oxygen atoms in total. The van der Waals surface area contributed by atoms with Crippen LogP contribution < -0.4 is 14.2 Å². The van der Waals surface area contributed by atoms with Crippen molar-refractivity contribution in [2.45, 2.75) is 11.8 Å². The average molecular weight is 388 g/mol. The molecule has 0 bridgehead atoms. The molecule has 0 aromatic heterocycles. The maximum Gasteiger partial charge on any atom is 0.320 e. The minimum Gasteiger partial charge on any atom is -0.497 e. The number of ketones is 1. The lowest BCUT2D eigenvalue weighted by atomic mass is 9.77. The SMILES string of the molecule is COc1ccc(C(=O)[C@H](c2ccc(OC)cc2)[C@H]2C(=O)Oc3ccccc32)cc1. The fourth-order valence-corrected chi connectivity index (χ4v) is 3.69. The summed E-state index contributed by atoms with van der Waals surface area (Å²) in [6.07, 6.45) is 0. The Bertz CT molecular complexity index is 1040. The van der Waals surface area contributed by atoms with Gasteiger partial charge in [0.15, 0.2) is 5.78 Å². The fraction of sp³-hybridized carbons (Fsp3) is 0.167. The molecule has 0 spiro atoms. The van der Waals surface area contributed by atoms with Crippen molar-refractivity contribution >= 4 is 11.8 Å². The van der Waals surface area contributed by atoms with E-state index < -0.39 is 17.8 Å². The molecule has 5 heteroatoms. The Kier molecular flexibility index (Phi) is 5.04. The van der Waals surface area contributed by atoms with Gasteiger partial charge in [0.25, 0.3) is 0 Å². The normalized spacial score (nSPS) is 15.9. The number of para-hydroxylation sites is 1. The van der Waals surface area contributed by atoms with Crippen molar-refractivity contribution in [3.05, 3.63) is 89.5 Å². The highest BCUT2D eigenvalue weighted by atomic mass is 16.5. The molecule has 3 aromatic rings. The number of rotatable bonds is 6. The first-order chi connectivity index (χ1) is 14.1. The van der Waals surface area contributed by atoms with Crippen LogP contribution in [-0.2, 0) is 4.79 Å². The molecule has 3 aromatic carbocycles. The van der Waals surface area contributed by atoms with Crippen molar-refractivity contribution in [2.24, 2.45) is 0 Å². The van der Waals surface area contributed by atoms with Gasteiger partial charge in [-0.1, -0.05) is 30.3 Å². The number of methoxy groups -OCH3 is 2. The molecule has 0 aliphatic carbocycles. The second-order valence-electron chi connectivity index (χ2n) is 6.78. The molecule has 0 radical (unpaired) electrons. The van der Waals surface area contributed by atoms with Gasteiger partial charge in [0.1, 0.15) is 23.2 Å². The van der Waals surface area contributed by atoms with Gasteiger partial charge in [0.05, 0.1) is 20.1 Å². The number of hydrogen-bond donors (Lipinski definition) is 0. The summed E-state index contributed by atoms with van der Waals surface area (Å²) < 4.78 is 15.9. The zero-order valence-corrected chi connectivity index (χ0v) is 16.1. The number of ether oxygens (including phenoxy) is 3. The third-order valence-corrected chi connectivity index (χ3v) is 5.18. The Morgan fingerprint density at radius 1 is 0.862 bits per heavy atom. The number of fused-ring (bicyclic) bond motifs is 1. The van der Waals surface area contributed by atoms with E-state index in [9.17, 15) is 9.59 Å². The largest absolute Gasteiger partial charge is 0.497 e. The fourth-order valence-electron chi connectivity index (χ4n) is 3.69. The van der Waals surface area contributed by atoms with Gasteiger partial charge in [-0.05, 0) is 48.0 Å². The minimum absolute atomic E-state index is 0.156. The second-order valence-corrected chi connectivity index (χ2v) is 6.78. The summed E-state index contributed by atoms with van der Waals surface area (Å²) in [5.41, 5.74) is 1.95. The number of esters is 1. The van der Waals surface area contributed by atoms with Crippen LogP contribution in [0, 0.1) is 0 Å². The summed E-state index contributed by atoms with van der Waals surface area (Å²) in [6.45, 7) is 0. The quantitative estimate of drug-likeness (QED) is 0.356. The van der Waals surface area contributed by atoms with Crippen LogP contribution in [0.15, 0.2) is 72.8 Å². The van der Waals surface area contributed by atoms with Crippen LogP contribution in [0.3, 0.4) is 0 Å². The van der Waals surface area contributed by atoms with Crippen LogP contribution in [-0.4, -0.2) is 26.0 Å². The molecular formula is C24H20O5. The average Bonchev–Trinajstić information content (AvgIpc) is 3.10. The van der Waals surface area contributed by atoms with Crippen molar-refractivity contribution in [3.63, 3.8) is 0 Å². The van der Waals surface area contributed by atoms with Crippen molar-refractivity contribution in [1.29, 1.82) is 0 Å². The molecule has 0 amide bonds. The van der Waals surface area contributed by atoms with Crippen molar-refractivity contribution < 1.29 is 23.8 Å². The molecule has 0 N–H and O–H groups in total. The molecule has 1 heterocycles. The summed E-state index contributed by atoms with van der Waals surface area (Å²) in [4.78, 5) is 26.3. The molecule has 1 aliphatic rings. The van der Waals surface area contributed by atoms with Gasteiger partial charge in [-0.3, -0.25) is 9.59 Å². The van der Waals surface area contributed by atoms with Crippen LogP contribution in [0.2, 0.25) is 0 Å². The van der Waals surface area contributed by atoms with Crippen LogP contribution >= 0.6 is 0 Å². The first-order valence-electron chi connectivity index (χ1n) is 9.25. The lowest BCUT2D eigenvalue weighted by Crippen LogP contribution is -2.25. The maximum atomic E-state index is 13.6. The van der Waals surface area contributed by atoms with Crippen LogP contribution in [0.4, 0.5) is 0 Å². The third-order valence-electron chi connectivity index (χ3n) is 5.18. The summed E-state index contributed by atoms with van der Waals surface area (Å²) >= 11 is 0. The summed E-state index contributed by atoms with van der Waals surface area (Å²) in [7, 11) is 3.15. The van der Waals surface area contributed by atoms with E-state index in [2.05, 4.69) is 0 Å². The zero-order valence-electron chi connectivity index (χ0n) is 16.1. The Morgan fingerprint density at radius 2 is 1.45 bits per heavy atom. The first-order valence-corrected chi connectivity index (χ1v) is 9.25. The number of carbonyl (C=O) groups is 2. The van der Waals surface area contributed by atoms with E-state index in [4.69, 9.17) is 14.2 Å². The lowest BCUT2D eigenvalue weighted by molar-refractivity contribution is -0.134. The smallest absolute Gasteiger partial charge is 0.320 e. The molecule has 2 atom stereocenters. The van der Waals surface area contributed by atoms with Gasteiger partial charge in [-0.15, -0.1) is 0 Å². The van der Waals surface area contributed by atoms with Crippen LogP contribution in [0.1, 0.15) is 33.3 Å². The molecule has 29 heavy (non-hydrogen) atoms. The van der Waals surface area contributed by atoms with E-state index in [1.165, 1.54) is 0 Å². The molecular weight excluding hydrogens is 368 g/mol. The Hall–Kier alpha value is -3.60. The molecule has 0 unspecified atom stereocenters. The minimum atomic E-state index is -0.717. The zero-order chi connectivity index (χ0) is 20.4. The topological polar surface area (TPSA) is 61.8 Å². The predicted molar refractivity (Wildman–Crippen MR) is 108 cm³/mol. The van der Waals surface area contributed by atoms with Gasteiger partial charge in [0, 0.05) is 11.1 Å². The van der Waals surface area contributed by atoms with Crippen LogP contribution in [0.5, 0.6) is 17.2 Å². The Labute approximate surface area is 168 Å². The molecule has 1 aliphatic heterocycles. The summed E-state index contributed by atoms with van der Waals surface area (Å²) in [5, 5.41) is 0. The first kappa shape index (κ1) is 18.7. The van der Waals surface area contributed by atoms with Crippen molar-refractivity contribution in [1.82, 2.24) is 0 Å². The van der Waals surface area contributed by atoms with Gasteiger partial charge < -0.3 is 14.2 Å². The highest BCUT2D eigenvalue weighted by Crippen LogP contribution is 2.45. The van der Waals surface area contributed by atoms with E-state index in [-0.39, 0.29) is 5.78 Å². The van der Waals surface area contributed by atoms with Crippen molar-refractivity contribution in [2.75, 3.05) is 14.2 Å². The third kappa shape index (κ3) is 3.47. The number of benzene rings is 3. The predicted octanol–water partition coefficient (Wildman–Crippen LogP) is 4.37. The molecule has 4 rings (SSSR count). The standard InChI is InChI=1S/C24H20O5/c1-27-17-11-7-15(8-12-17)21(23(25)16-9-13-18(28-2)14-10-16)22-19-5-3-4-6-20(19)29-24(22)26/h3-14,21-22H,1-2H3/t21-,22+/m1/s1. The maximum absolute atomic E-state index is 13.6. The van der Waals surface area contributed by atoms with E-state index in [1.807, 2.05) is 30.3 Å². The molecule has 0 saturated carbocycles. The monoisotopic (exact) mass is 388 g/mol. The lowest BCUT2D eigenvalue weighted by Gasteiger charge is -2.21. The highest BCUT2D eigenvalue weighted by Gasteiger charge is 2.43. The Morgan fingerprint density at radius 3 is 2.07 bits per heavy atom. The second kappa shape index (κ2) is 7.80. The molecule has 146 valence electrons. The van der Waals surface area contributed by atoms with Crippen LogP contribution in [0.25, 0.3) is 0 Å². The van der Waals surface area contributed by atoms with E-state index >= 15 is 0 Å². The number of carbonyl (C=O) groups excluding carboxylic acids is 2. The van der Waals surface area contributed by atoms with Crippen molar-refractivity contribution in [3.8, 4) is 17.2 Å².